The van der Waals surface area contributed by atoms with E-state index in [0.29, 0.717) is 12.8 Å². The van der Waals surface area contributed by atoms with Gasteiger partial charge in [-0.2, -0.15) is 8.42 Å². The number of hydrogen-bond donors (Lipinski definition) is 1. The summed E-state index contributed by atoms with van der Waals surface area (Å²) in [6.45, 7) is 12.4. The van der Waals surface area contributed by atoms with Crippen LogP contribution in [-0.4, -0.2) is 40.0 Å². The summed E-state index contributed by atoms with van der Waals surface area (Å²) in [5.74, 6) is -1.62. The zero-order valence-corrected chi connectivity index (χ0v) is 19.4. The molecule has 0 aromatic heterocycles. The molecule has 1 aliphatic carbocycles. The predicted molar refractivity (Wildman–Crippen MR) is 110 cm³/mol. The molecule has 1 aromatic carbocycles. The zero-order valence-electron chi connectivity index (χ0n) is 17.6. The fourth-order valence-electron chi connectivity index (χ4n) is 3.13. The number of rotatable bonds is 6. The first-order valence-corrected chi connectivity index (χ1v) is 13.9. The highest BCUT2D eigenvalue weighted by atomic mass is 32.2. The third-order valence-electron chi connectivity index (χ3n) is 5.81. The van der Waals surface area contributed by atoms with Crippen molar-refractivity contribution in [3.63, 3.8) is 0 Å². The smallest absolute Gasteiger partial charge is 0.306 e. The number of aliphatic carboxylic acids is 1. The van der Waals surface area contributed by atoms with E-state index < -0.39 is 36.4 Å². The molecule has 28 heavy (non-hydrogen) atoms. The van der Waals surface area contributed by atoms with Crippen LogP contribution >= 0.6 is 0 Å². The summed E-state index contributed by atoms with van der Waals surface area (Å²) in [5, 5.41) is 9.51. The van der Waals surface area contributed by atoms with Crippen LogP contribution < -0.4 is 0 Å². The number of benzene rings is 1. The first-order chi connectivity index (χ1) is 12.7. The Morgan fingerprint density at radius 3 is 2.11 bits per heavy atom. The lowest BCUT2D eigenvalue weighted by molar-refractivity contribution is -0.145. The van der Waals surface area contributed by atoms with E-state index in [1.54, 1.807) is 12.1 Å². The molecule has 0 unspecified atom stereocenters. The maximum atomic E-state index is 12.6. The van der Waals surface area contributed by atoms with Gasteiger partial charge in [0.25, 0.3) is 10.1 Å². The SMILES string of the molecule is Cc1ccc(S(=O)(=O)O[C@@H]2C[C@@H](O[Si](C)(C)C(C)(C)C)C[C@H](C(=O)O)C2)cc1. The van der Waals surface area contributed by atoms with Crippen LogP contribution in [0.15, 0.2) is 29.2 Å². The number of hydrogen-bond acceptors (Lipinski definition) is 5. The summed E-state index contributed by atoms with van der Waals surface area (Å²) in [7, 11) is -6.07. The standard InChI is InChI=1S/C20H32O6SSi/c1-14-7-9-18(10-8-14)27(23,24)25-16-11-15(19(21)22)12-17(13-16)26-28(5,6)20(2,3)4/h7-10,15-17H,11-13H2,1-6H3,(H,21,22)/t15-,16+,17+/m1/s1. The lowest BCUT2D eigenvalue weighted by Crippen LogP contribution is -2.47. The lowest BCUT2D eigenvalue weighted by atomic mass is 9.85. The largest absolute Gasteiger partial charge is 0.481 e. The molecule has 1 N–H and O–H groups in total. The van der Waals surface area contributed by atoms with Crippen molar-refractivity contribution in [3.05, 3.63) is 29.8 Å². The molecular formula is C20H32O6SSi. The lowest BCUT2D eigenvalue weighted by Gasteiger charge is -2.42. The van der Waals surface area contributed by atoms with Crippen molar-refractivity contribution in [2.24, 2.45) is 5.92 Å². The van der Waals surface area contributed by atoms with Crippen LogP contribution in [0.2, 0.25) is 18.1 Å². The molecule has 1 fully saturated rings. The van der Waals surface area contributed by atoms with Gasteiger partial charge in [0.15, 0.2) is 8.32 Å². The summed E-state index contributed by atoms with van der Waals surface area (Å²) < 4.78 is 37.1. The van der Waals surface area contributed by atoms with Crippen LogP contribution in [0.1, 0.15) is 45.6 Å². The maximum absolute atomic E-state index is 12.6. The van der Waals surface area contributed by atoms with E-state index in [4.69, 9.17) is 8.61 Å². The minimum atomic E-state index is -3.96. The first-order valence-electron chi connectivity index (χ1n) is 9.62. The highest BCUT2D eigenvalue weighted by Gasteiger charge is 2.43. The summed E-state index contributed by atoms with van der Waals surface area (Å²) in [6, 6.07) is 6.43. The molecule has 0 amide bonds. The molecule has 0 heterocycles. The number of carboxylic acid groups (broad SMARTS) is 1. The molecule has 0 saturated heterocycles. The van der Waals surface area contributed by atoms with Crippen LogP contribution in [0.4, 0.5) is 0 Å². The molecule has 3 atom stereocenters. The van der Waals surface area contributed by atoms with E-state index in [0.717, 1.165) is 5.56 Å². The van der Waals surface area contributed by atoms with Crippen molar-refractivity contribution in [1.29, 1.82) is 0 Å². The summed E-state index contributed by atoms with van der Waals surface area (Å²) in [4.78, 5) is 11.7. The second-order valence-electron chi connectivity index (χ2n) is 9.23. The van der Waals surface area contributed by atoms with E-state index in [9.17, 15) is 18.3 Å². The molecule has 1 aliphatic rings. The van der Waals surface area contributed by atoms with E-state index in [-0.39, 0.29) is 22.5 Å². The summed E-state index contributed by atoms with van der Waals surface area (Å²) in [6.07, 6.45) is -0.115. The van der Waals surface area contributed by atoms with Crippen LogP contribution in [0.5, 0.6) is 0 Å². The summed E-state index contributed by atoms with van der Waals surface area (Å²) >= 11 is 0. The van der Waals surface area contributed by atoms with Gasteiger partial charge < -0.3 is 9.53 Å². The van der Waals surface area contributed by atoms with Gasteiger partial charge in [0.2, 0.25) is 0 Å². The average molecular weight is 429 g/mol. The van der Waals surface area contributed by atoms with Gasteiger partial charge in [-0.1, -0.05) is 38.5 Å². The van der Waals surface area contributed by atoms with E-state index in [1.165, 1.54) is 12.1 Å². The third-order valence-corrected chi connectivity index (χ3v) is 11.7. The van der Waals surface area contributed by atoms with E-state index in [2.05, 4.69) is 33.9 Å². The number of carboxylic acids is 1. The van der Waals surface area contributed by atoms with Crippen molar-refractivity contribution in [2.45, 2.75) is 82.2 Å². The summed E-state index contributed by atoms with van der Waals surface area (Å²) in [5.41, 5.74) is 0.949. The Morgan fingerprint density at radius 1 is 1.07 bits per heavy atom. The Hall–Kier alpha value is -1.22. The molecule has 0 spiro atoms. The molecule has 0 radical (unpaired) electrons. The molecule has 8 heteroatoms. The molecule has 1 aromatic rings. The molecular weight excluding hydrogens is 396 g/mol. The predicted octanol–water partition coefficient (Wildman–Crippen LogP) is 4.34. The van der Waals surface area contributed by atoms with Crippen LogP contribution in [0.25, 0.3) is 0 Å². The molecule has 0 aliphatic heterocycles. The molecule has 0 bridgehead atoms. The van der Waals surface area contributed by atoms with Crippen molar-refractivity contribution in [1.82, 2.24) is 0 Å². The fourth-order valence-corrected chi connectivity index (χ4v) is 5.60. The van der Waals surface area contributed by atoms with Crippen molar-refractivity contribution >= 4 is 24.4 Å². The second-order valence-corrected chi connectivity index (χ2v) is 15.6. The fraction of sp³-hybridized carbons (Fsp3) is 0.650. The van der Waals surface area contributed by atoms with Gasteiger partial charge in [-0.3, -0.25) is 8.98 Å². The molecule has 6 nitrogen and oxygen atoms in total. The first kappa shape index (κ1) is 23.1. The van der Waals surface area contributed by atoms with Crippen molar-refractivity contribution in [3.8, 4) is 0 Å². The van der Waals surface area contributed by atoms with Gasteiger partial charge >= 0.3 is 5.97 Å². The highest BCUT2D eigenvalue weighted by Crippen LogP contribution is 2.40. The van der Waals surface area contributed by atoms with Crippen molar-refractivity contribution < 1.29 is 26.9 Å². The number of aryl methyl sites for hydroxylation is 1. The van der Waals surface area contributed by atoms with Gasteiger partial charge in [0.1, 0.15) is 0 Å². The van der Waals surface area contributed by atoms with Gasteiger partial charge in [0.05, 0.1) is 16.9 Å². The van der Waals surface area contributed by atoms with Crippen LogP contribution in [-0.2, 0) is 23.5 Å². The Morgan fingerprint density at radius 2 is 1.61 bits per heavy atom. The number of carbonyl (C=O) groups is 1. The van der Waals surface area contributed by atoms with Gasteiger partial charge in [-0.05, 0) is 50.0 Å². The van der Waals surface area contributed by atoms with Crippen LogP contribution in [0, 0.1) is 12.8 Å². The van der Waals surface area contributed by atoms with E-state index >= 15 is 0 Å². The van der Waals surface area contributed by atoms with Gasteiger partial charge in [0, 0.05) is 12.5 Å². The normalized spacial score (nSPS) is 24.1. The Labute approximate surface area is 169 Å². The minimum absolute atomic E-state index is 0.0203. The van der Waals surface area contributed by atoms with Gasteiger partial charge in [-0.25, -0.2) is 0 Å². The third kappa shape index (κ3) is 5.65. The van der Waals surface area contributed by atoms with Crippen molar-refractivity contribution in [2.75, 3.05) is 0 Å². The molecule has 1 saturated carbocycles. The Balaban J connectivity index is 2.19. The Kier molecular flexibility index (Phi) is 6.80. The zero-order chi connectivity index (χ0) is 21.3. The quantitative estimate of drug-likeness (QED) is 0.535. The topological polar surface area (TPSA) is 89.9 Å². The van der Waals surface area contributed by atoms with Crippen LogP contribution in [0.3, 0.4) is 0 Å². The Bertz CT molecular complexity index is 795. The second kappa shape index (κ2) is 8.26. The van der Waals surface area contributed by atoms with E-state index in [1.807, 2.05) is 6.92 Å². The average Bonchev–Trinajstić information content (AvgIpc) is 2.53. The molecule has 2 rings (SSSR count). The monoisotopic (exact) mass is 428 g/mol. The molecule has 158 valence electrons. The minimum Gasteiger partial charge on any atom is -0.481 e. The highest BCUT2D eigenvalue weighted by molar-refractivity contribution is 7.86. The maximum Gasteiger partial charge on any atom is 0.306 e. The van der Waals surface area contributed by atoms with Gasteiger partial charge in [-0.15, -0.1) is 0 Å².